The fourth-order valence-electron chi connectivity index (χ4n) is 6.26. The number of esters is 2. The SMILES string of the molecule is O=C(OCC(F)(F)C(F)(F)F)c1ccc(Cc2c(O)c3ccccc3oc2=O)cc1.O=C(OCCN1CCCC1)c1ccc(Cc2c(O)c3ccccc3oc2=O)cc1. The van der Waals surface area contributed by atoms with Crippen LogP contribution < -0.4 is 11.3 Å². The van der Waals surface area contributed by atoms with Crippen LogP contribution >= 0.6 is 0 Å². The van der Waals surface area contributed by atoms with E-state index >= 15 is 0 Å². The van der Waals surface area contributed by atoms with Crippen molar-refractivity contribution in [2.75, 3.05) is 32.8 Å². The molecule has 0 aliphatic carbocycles. The number of nitrogens with zero attached hydrogens (tertiary/aromatic N) is 1. The summed E-state index contributed by atoms with van der Waals surface area (Å²) in [6.45, 7) is 1.15. The third-order valence-corrected chi connectivity index (χ3v) is 9.53. The monoisotopic (exact) mass is 821 g/mol. The van der Waals surface area contributed by atoms with E-state index in [1.54, 1.807) is 66.7 Å². The largest absolute Gasteiger partial charge is 0.507 e. The highest BCUT2D eigenvalue weighted by Gasteiger charge is 2.58. The van der Waals surface area contributed by atoms with E-state index in [0.29, 0.717) is 34.1 Å². The molecule has 0 radical (unpaired) electrons. The summed E-state index contributed by atoms with van der Waals surface area (Å²) in [7, 11) is 0. The topological polar surface area (TPSA) is 157 Å². The van der Waals surface area contributed by atoms with Crippen LogP contribution in [0.2, 0.25) is 0 Å². The molecule has 2 aromatic heterocycles. The Hall–Kier alpha value is -6.55. The Morgan fingerprint density at radius 1 is 0.627 bits per heavy atom. The van der Waals surface area contributed by atoms with Crippen molar-refractivity contribution >= 4 is 33.9 Å². The van der Waals surface area contributed by atoms with E-state index in [4.69, 9.17) is 13.6 Å². The summed E-state index contributed by atoms with van der Waals surface area (Å²) in [5, 5.41) is 21.7. The highest BCUT2D eigenvalue weighted by molar-refractivity contribution is 5.90. The predicted octanol–water partition coefficient (Wildman–Crippen LogP) is 7.79. The lowest BCUT2D eigenvalue weighted by atomic mass is 10.0. The number of ether oxygens (including phenoxy) is 2. The number of alkyl halides is 5. The van der Waals surface area contributed by atoms with E-state index in [0.717, 1.165) is 37.3 Å². The van der Waals surface area contributed by atoms with Crippen molar-refractivity contribution in [3.63, 3.8) is 0 Å². The molecule has 0 unspecified atom stereocenters. The third kappa shape index (κ3) is 10.1. The molecule has 0 saturated carbocycles. The molecular weight excluding hydrogens is 785 g/mol. The molecule has 308 valence electrons. The molecule has 0 bridgehead atoms. The molecule has 6 aromatic rings. The number of likely N-dealkylation sites (tertiary alicyclic amines) is 1. The zero-order valence-electron chi connectivity index (χ0n) is 31.1. The Kier molecular flexibility index (Phi) is 12.8. The third-order valence-electron chi connectivity index (χ3n) is 9.53. The van der Waals surface area contributed by atoms with Crippen LogP contribution in [-0.2, 0) is 22.3 Å². The van der Waals surface area contributed by atoms with Crippen LogP contribution in [0.3, 0.4) is 0 Å². The molecular formula is C43H36F5NO10. The summed E-state index contributed by atoms with van der Waals surface area (Å²) in [6, 6.07) is 25.0. The molecule has 16 heteroatoms. The first-order valence-electron chi connectivity index (χ1n) is 18.3. The van der Waals surface area contributed by atoms with Crippen molar-refractivity contribution in [1.82, 2.24) is 4.90 Å². The van der Waals surface area contributed by atoms with Crippen LogP contribution in [0.1, 0.15) is 55.8 Å². The lowest BCUT2D eigenvalue weighted by molar-refractivity contribution is -0.292. The van der Waals surface area contributed by atoms with Crippen molar-refractivity contribution in [2.24, 2.45) is 0 Å². The van der Waals surface area contributed by atoms with Gasteiger partial charge in [-0.05, 0) is 85.6 Å². The molecule has 1 aliphatic heterocycles. The van der Waals surface area contributed by atoms with Crippen LogP contribution in [-0.4, -0.2) is 72.0 Å². The Labute approximate surface area is 331 Å². The van der Waals surface area contributed by atoms with Crippen LogP contribution in [0.25, 0.3) is 21.9 Å². The summed E-state index contributed by atoms with van der Waals surface area (Å²) < 4.78 is 81.9. The van der Waals surface area contributed by atoms with Gasteiger partial charge in [-0.2, -0.15) is 22.0 Å². The molecule has 11 nitrogen and oxygen atoms in total. The Balaban J connectivity index is 0.000000198. The van der Waals surface area contributed by atoms with Gasteiger partial charge in [-0.15, -0.1) is 0 Å². The molecule has 0 atom stereocenters. The van der Waals surface area contributed by atoms with Gasteiger partial charge in [0.15, 0.2) is 6.61 Å². The number of hydrogen-bond acceptors (Lipinski definition) is 11. The van der Waals surface area contributed by atoms with Crippen molar-refractivity contribution in [1.29, 1.82) is 0 Å². The van der Waals surface area contributed by atoms with Gasteiger partial charge in [0.25, 0.3) is 0 Å². The van der Waals surface area contributed by atoms with E-state index in [1.165, 1.54) is 31.0 Å². The first kappa shape index (κ1) is 42.1. The summed E-state index contributed by atoms with van der Waals surface area (Å²) in [4.78, 5) is 50.6. The van der Waals surface area contributed by atoms with Gasteiger partial charge in [0, 0.05) is 19.4 Å². The van der Waals surface area contributed by atoms with E-state index < -0.39 is 35.9 Å². The van der Waals surface area contributed by atoms with Gasteiger partial charge < -0.3 is 28.5 Å². The van der Waals surface area contributed by atoms with E-state index in [9.17, 15) is 51.3 Å². The maximum atomic E-state index is 12.8. The average Bonchev–Trinajstić information content (AvgIpc) is 3.74. The molecule has 1 fully saturated rings. The standard InChI is InChI=1S/C23H23NO5.C20H13F5O5/c25-21-18-5-1-2-6-20(18)29-23(27)19(21)15-16-7-9-17(10-8-16)22(26)28-14-13-24-11-3-4-12-24;21-19(22,20(23,24)25)10-29-17(27)12-7-5-11(6-8-12)9-14-16(26)13-3-1-2-4-15(13)30-18(14)28/h1-2,5-10,25H,3-4,11-15H2;1-8,26H,9-10H2. The number of hydrogen-bond donors (Lipinski definition) is 2. The van der Waals surface area contributed by atoms with Gasteiger partial charge in [-0.3, -0.25) is 4.90 Å². The smallest absolute Gasteiger partial charge is 0.456 e. The van der Waals surface area contributed by atoms with Gasteiger partial charge >= 0.3 is 35.3 Å². The van der Waals surface area contributed by atoms with E-state index in [-0.39, 0.29) is 52.6 Å². The molecule has 1 aliphatic rings. The predicted molar refractivity (Wildman–Crippen MR) is 204 cm³/mol. The van der Waals surface area contributed by atoms with Crippen molar-refractivity contribution in [3.05, 3.63) is 151 Å². The van der Waals surface area contributed by atoms with Crippen molar-refractivity contribution in [3.8, 4) is 11.5 Å². The fraction of sp³-hybridized carbons (Fsp3) is 0.256. The van der Waals surface area contributed by atoms with E-state index in [1.807, 2.05) is 0 Å². The number of halogens is 5. The number of rotatable bonds is 11. The minimum Gasteiger partial charge on any atom is -0.507 e. The molecule has 2 N–H and O–H groups in total. The van der Waals surface area contributed by atoms with E-state index in [2.05, 4.69) is 9.64 Å². The first-order chi connectivity index (χ1) is 28.1. The quantitative estimate of drug-likeness (QED) is 0.0747. The number of carbonyl (C=O) groups excluding carboxylic acids is 2. The average molecular weight is 822 g/mol. The fourth-order valence-corrected chi connectivity index (χ4v) is 6.26. The van der Waals surface area contributed by atoms with Crippen LogP contribution in [0.15, 0.2) is 115 Å². The van der Waals surface area contributed by atoms with Crippen LogP contribution in [0.4, 0.5) is 22.0 Å². The maximum absolute atomic E-state index is 12.8. The molecule has 7 rings (SSSR count). The second-order valence-corrected chi connectivity index (χ2v) is 13.6. The number of aromatic hydroxyl groups is 2. The Morgan fingerprint density at radius 2 is 1.05 bits per heavy atom. The zero-order chi connectivity index (χ0) is 42.3. The van der Waals surface area contributed by atoms with Crippen molar-refractivity contribution in [2.45, 2.75) is 37.8 Å². The molecule has 4 aromatic carbocycles. The number of fused-ring (bicyclic) bond motifs is 2. The lowest BCUT2D eigenvalue weighted by Crippen LogP contribution is -2.41. The molecule has 59 heavy (non-hydrogen) atoms. The highest BCUT2D eigenvalue weighted by Crippen LogP contribution is 2.36. The Morgan fingerprint density at radius 3 is 1.49 bits per heavy atom. The van der Waals surface area contributed by atoms with Crippen LogP contribution in [0.5, 0.6) is 11.5 Å². The summed E-state index contributed by atoms with van der Waals surface area (Å²) >= 11 is 0. The Bertz CT molecular complexity index is 2560. The summed E-state index contributed by atoms with van der Waals surface area (Å²) in [6.07, 6.45) is -3.27. The summed E-state index contributed by atoms with van der Waals surface area (Å²) in [5.41, 5.74) is 0.843. The first-order valence-corrected chi connectivity index (χ1v) is 18.3. The lowest BCUT2D eigenvalue weighted by Gasteiger charge is -2.19. The second kappa shape index (κ2) is 17.9. The minimum atomic E-state index is -5.83. The number of benzene rings is 4. The van der Waals surface area contributed by atoms with Crippen molar-refractivity contribution < 1.29 is 60.1 Å². The number of carbonyl (C=O) groups is 2. The van der Waals surface area contributed by atoms with Gasteiger partial charge in [0.2, 0.25) is 0 Å². The number of para-hydroxylation sites is 2. The molecule has 3 heterocycles. The minimum absolute atomic E-state index is 0.0335. The van der Waals surface area contributed by atoms with Crippen LogP contribution in [0, 0.1) is 0 Å². The summed E-state index contributed by atoms with van der Waals surface area (Å²) in [5.74, 6) is -7.21. The molecule has 0 spiro atoms. The molecule has 0 amide bonds. The van der Waals surface area contributed by atoms with Gasteiger partial charge in [-0.25, -0.2) is 19.2 Å². The highest BCUT2D eigenvalue weighted by atomic mass is 19.4. The second-order valence-electron chi connectivity index (χ2n) is 13.6. The maximum Gasteiger partial charge on any atom is 0.456 e. The normalized spacial score (nSPS) is 13.2. The van der Waals surface area contributed by atoms with Gasteiger partial charge in [0.1, 0.15) is 29.3 Å². The van der Waals surface area contributed by atoms with Gasteiger partial charge in [-0.1, -0.05) is 48.5 Å². The zero-order valence-corrected chi connectivity index (χ0v) is 31.1. The molecule has 1 saturated heterocycles. The van der Waals surface area contributed by atoms with Gasteiger partial charge in [0.05, 0.1) is 33.0 Å².